The van der Waals surface area contributed by atoms with Gasteiger partial charge < -0.3 is 15.2 Å². The van der Waals surface area contributed by atoms with Crippen LogP contribution >= 0.6 is 0 Å². The van der Waals surface area contributed by atoms with Crippen molar-refractivity contribution in [3.63, 3.8) is 0 Å². The van der Waals surface area contributed by atoms with Crippen molar-refractivity contribution in [2.45, 2.75) is 26.3 Å². The third-order valence-electron chi connectivity index (χ3n) is 3.30. The number of aromatic amines is 1. The fraction of sp³-hybridized carbons (Fsp3) is 0.583. The van der Waals surface area contributed by atoms with Crippen molar-refractivity contribution < 1.29 is 9.59 Å². The molecule has 6 nitrogen and oxygen atoms in total. The molecule has 1 aliphatic rings. The van der Waals surface area contributed by atoms with E-state index in [1.54, 1.807) is 24.2 Å². The number of piperidine rings is 1. The van der Waals surface area contributed by atoms with Gasteiger partial charge in [-0.1, -0.05) is 0 Å². The Morgan fingerprint density at radius 2 is 2.22 bits per heavy atom. The molecule has 0 aliphatic carbocycles. The van der Waals surface area contributed by atoms with E-state index in [1.165, 1.54) is 0 Å². The standard InChI is InChI=1S/C12H18N4O2/c1-9(17)16-6-2-10(3-7-16)12(18)15-8-11-13-4-5-14-11/h4-5,10H,2-3,6-8H2,1H3,(H,13,14)(H,15,18). The highest BCUT2D eigenvalue weighted by Crippen LogP contribution is 2.17. The summed E-state index contributed by atoms with van der Waals surface area (Å²) < 4.78 is 0. The summed E-state index contributed by atoms with van der Waals surface area (Å²) in [5.41, 5.74) is 0. The molecule has 6 heteroatoms. The Hall–Kier alpha value is -1.85. The minimum atomic E-state index is 0.00978. The fourth-order valence-electron chi connectivity index (χ4n) is 2.17. The molecule has 0 unspecified atom stereocenters. The van der Waals surface area contributed by atoms with Crippen LogP contribution in [-0.4, -0.2) is 39.8 Å². The number of nitrogens with zero attached hydrogens (tertiary/aromatic N) is 2. The highest BCUT2D eigenvalue weighted by Gasteiger charge is 2.25. The van der Waals surface area contributed by atoms with E-state index in [-0.39, 0.29) is 17.7 Å². The molecule has 0 atom stereocenters. The molecule has 1 fully saturated rings. The third kappa shape index (κ3) is 3.09. The molecular formula is C12H18N4O2. The molecule has 18 heavy (non-hydrogen) atoms. The van der Waals surface area contributed by atoms with Gasteiger partial charge in [0.25, 0.3) is 0 Å². The highest BCUT2D eigenvalue weighted by molar-refractivity contribution is 5.79. The van der Waals surface area contributed by atoms with Crippen LogP contribution in [0.3, 0.4) is 0 Å². The predicted molar refractivity (Wildman–Crippen MR) is 65.4 cm³/mol. The maximum absolute atomic E-state index is 11.9. The van der Waals surface area contributed by atoms with E-state index in [0.717, 1.165) is 18.7 Å². The van der Waals surface area contributed by atoms with Gasteiger partial charge in [0.05, 0.1) is 6.54 Å². The number of H-pyrrole nitrogens is 1. The molecule has 2 rings (SSSR count). The summed E-state index contributed by atoms with van der Waals surface area (Å²) in [6, 6.07) is 0. The van der Waals surface area contributed by atoms with Crippen LogP contribution in [0, 0.1) is 5.92 Å². The highest BCUT2D eigenvalue weighted by atomic mass is 16.2. The number of amides is 2. The molecule has 0 radical (unpaired) electrons. The van der Waals surface area contributed by atoms with Gasteiger partial charge in [-0.3, -0.25) is 9.59 Å². The number of likely N-dealkylation sites (tertiary alicyclic amines) is 1. The summed E-state index contributed by atoms with van der Waals surface area (Å²) in [6.45, 7) is 3.35. The summed E-state index contributed by atoms with van der Waals surface area (Å²) in [5.74, 6) is 0.902. The van der Waals surface area contributed by atoms with Crippen LogP contribution in [-0.2, 0) is 16.1 Å². The number of carbonyl (C=O) groups excluding carboxylic acids is 2. The molecule has 0 bridgehead atoms. The number of hydrogen-bond acceptors (Lipinski definition) is 3. The Kier molecular flexibility index (Phi) is 3.96. The number of nitrogens with one attached hydrogen (secondary N) is 2. The van der Waals surface area contributed by atoms with Crippen molar-refractivity contribution in [2.75, 3.05) is 13.1 Å². The lowest BCUT2D eigenvalue weighted by Crippen LogP contribution is -2.42. The number of rotatable bonds is 3. The molecule has 1 aromatic heterocycles. The molecule has 1 aromatic rings. The fourth-order valence-corrected chi connectivity index (χ4v) is 2.17. The Morgan fingerprint density at radius 1 is 1.50 bits per heavy atom. The summed E-state index contributed by atoms with van der Waals surface area (Å²) in [5, 5.41) is 2.86. The quantitative estimate of drug-likeness (QED) is 0.809. The third-order valence-corrected chi connectivity index (χ3v) is 3.30. The van der Waals surface area contributed by atoms with E-state index in [2.05, 4.69) is 15.3 Å². The van der Waals surface area contributed by atoms with Crippen LogP contribution in [0.1, 0.15) is 25.6 Å². The van der Waals surface area contributed by atoms with Crippen LogP contribution in [0.4, 0.5) is 0 Å². The van der Waals surface area contributed by atoms with Crippen molar-refractivity contribution in [3.05, 3.63) is 18.2 Å². The van der Waals surface area contributed by atoms with Gasteiger partial charge in [-0.15, -0.1) is 0 Å². The largest absolute Gasteiger partial charge is 0.349 e. The zero-order valence-electron chi connectivity index (χ0n) is 10.5. The first-order valence-electron chi connectivity index (χ1n) is 6.18. The van der Waals surface area contributed by atoms with E-state index in [1.807, 2.05) is 0 Å². The minimum Gasteiger partial charge on any atom is -0.349 e. The number of aromatic nitrogens is 2. The molecule has 98 valence electrons. The normalized spacial score (nSPS) is 16.6. The average Bonchev–Trinajstić information content (AvgIpc) is 2.89. The predicted octanol–water partition coefficient (Wildman–Crippen LogP) is 0.284. The van der Waals surface area contributed by atoms with Crippen molar-refractivity contribution in [1.82, 2.24) is 20.2 Å². The maximum atomic E-state index is 11.9. The molecule has 1 aliphatic heterocycles. The zero-order chi connectivity index (χ0) is 13.0. The summed E-state index contributed by atoms with van der Waals surface area (Å²) in [4.78, 5) is 31.9. The molecule has 2 heterocycles. The first-order chi connectivity index (χ1) is 8.66. The first-order valence-corrected chi connectivity index (χ1v) is 6.18. The number of carbonyl (C=O) groups is 2. The smallest absolute Gasteiger partial charge is 0.223 e. The molecule has 0 saturated carbocycles. The second-order valence-corrected chi connectivity index (χ2v) is 4.53. The van der Waals surface area contributed by atoms with E-state index in [9.17, 15) is 9.59 Å². The number of hydrogen-bond donors (Lipinski definition) is 2. The van der Waals surface area contributed by atoms with E-state index < -0.39 is 0 Å². The monoisotopic (exact) mass is 250 g/mol. The molecule has 0 spiro atoms. The summed E-state index contributed by atoms with van der Waals surface area (Å²) >= 11 is 0. The second kappa shape index (κ2) is 5.66. The van der Waals surface area contributed by atoms with Gasteiger partial charge in [-0.2, -0.15) is 0 Å². The Balaban J connectivity index is 1.75. The Labute approximate surface area is 106 Å². The van der Waals surface area contributed by atoms with Gasteiger partial charge in [0.15, 0.2) is 0 Å². The van der Waals surface area contributed by atoms with Crippen molar-refractivity contribution in [1.29, 1.82) is 0 Å². The van der Waals surface area contributed by atoms with Crippen LogP contribution in [0.2, 0.25) is 0 Å². The van der Waals surface area contributed by atoms with Gasteiger partial charge in [0.1, 0.15) is 5.82 Å². The van der Waals surface area contributed by atoms with Gasteiger partial charge in [0.2, 0.25) is 11.8 Å². The van der Waals surface area contributed by atoms with Crippen molar-refractivity contribution >= 4 is 11.8 Å². The lowest BCUT2D eigenvalue weighted by molar-refractivity contribution is -0.134. The van der Waals surface area contributed by atoms with Gasteiger partial charge in [0, 0.05) is 38.3 Å². The topological polar surface area (TPSA) is 78.1 Å². The molecule has 1 saturated heterocycles. The van der Waals surface area contributed by atoms with Crippen molar-refractivity contribution in [3.8, 4) is 0 Å². The molecule has 0 aromatic carbocycles. The molecular weight excluding hydrogens is 232 g/mol. The summed E-state index contributed by atoms with van der Waals surface area (Å²) in [6.07, 6.45) is 4.87. The first kappa shape index (κ1) is 12.6. The Morgan fingerprint density at radius 3 is 2.78 bits per heavy atom. The van der Waals surface area contributed by atoms with Gasteiger partial charge in [-0.25, -0.2) is 4.98 Å². The molecule has 2 amide bonds. The van der Waals surface area contributed by atoms with E-state index >= 15 is 0 Å². The lowest BCUT2D eigenvalue weighted by atomic mass is 9.96. The van der Waals surface area contributed by atoms with E-state index in [0.29, 0.717) is 19.6 Å². The number of imidazole rings is 1. The lowest BCUT2D eigenvalue weighted by Gasteiger charge is -2.30. The van der Waals surface area contributed by atoms with Crippen molar-refractivity contribution in [2.24, 2.45) is 5.92 Å². The minimum absolute atomic E-state index is 0.00978. The zero-order valence-corrected chi connectivity index (χ0v) is 10.5. The van der Waals surface area contributed by atoms with E-state index in [4.69, 9.17) is 0 Å². The average molecular weight is 250 g/mol. The molecule has 2 N–H and O–H groups in total. The second-order valence-electron chi connectivity index (χ2n) is 4.53. The van der Waals surface area contributed by atoms with Crippen LogP contribution in [0.5, 0.6) is 0 Å². The Bertz CT molecular complexity index is 408. The van der Waals surface area contributed by atoms with Gasteiger partial charge >= 0.3 is 0 Å². The van der Waals surface area contributed by atoms with Crippen LogP contribution in [0.25, 0.3) is 0 Å². The summed E-state index contributed by atoms with van der Waals surface area (Å²) in [7, 11) is 0. The van der Waals surface area contributed by atoms with Crippen LogP contribution in [0.15, 0.2) is 12.4 Å². The SMILES string of the molecule is CC(=O)N1CCC(C(=O)NCc2ncc[nH]2)CC1. The maximum Gasteiger partial charge on any atom is 0.223 e. The van der Waals surface area contributed by atoms with Crippen LogP contribution < -0.4 is 5.32 Å². The van der Waals surface area contributed by atoms with Gasteiger partial charge in [-0.05, 0) is 12.8 Å².